The summed E-state index contributed by atoms with van der Waals surface area (Å²) in [6.45, 7) is 0. The van der Waals surface area contributed by atoms with Crippen molar-refractivity contribution in [1.29, 1.82) is 0 Å². The SMILES string of the molecule is Oc1c(-c2ccccc2)cccc1N(c1ccccc1)C1C=Cc2c(sc3ccc4ccccc4c23)C1. The third-order valence-corrected chi connectivity index (χ3v) is 8.49. The molecule has 0 radical (unpaired) electrons. The van der Waals surface area contributed by atoms with Crippen LogP contribution in [0.15, 0.2) is 121 Å². The van der Waals surface area contributed by atoms with Gasteiger partial charge in [0.15, 0.2) is 0 Å². The van der Waals surface area contributed by atoms with Gasteiger partial charge in [0.05, 0.1) is 11.7 Å². The first kappa shape index (κ1) is 21.9. The van der Waals surface area contributed by atoms with Gasteiger partial charge in [0.2, 0.25) is 0 Å². The van der Waals surface area contributed by atoms with Crippen LogP contribution >= 0.6 is 11.3 Å². The monoisotopic (exact) mass is 495 g/mol. The van der Waals surface area contributed by atoms with Gasteiger partial charge in [0.1, 0.15) is 5.75 Å². The number of phenols is 1. The number of hydrogen-bond donors (Lipinski definition) is 1. The van der Waals surface area contributed by atoms with Crippen LogP contribution in [-0.2, 0) is 6.42 Å². The van der Waals surface area contributed by atoms with Crippen LogP contribution in [0.1, 0.15) is 10.4 Å². The highest BCUT2D eigenvalue weighted by Crippen LogP contribution is 2.45. The van der Waals surface area contributed by atoms with Gasteiger partial charge in [-0.3, -0.25) is 0 Å². The molecule has 0 bridgehead atoms. The Hall–Kier alpha value is -4.34. The highest BCUT2D eigenvalue weighted by atomic mass is 32.1. The first-order valence-corrected chi connectivity index (χ1v) is 13.4. The fraction of sp³-hybridized carbons (Fsp3) is 0.0588. The van der Waals surface area contributed by atoms with Gasteiger partial charge in [0, 0.05) is 32.6 Å². The molecule has 0 fully saturated rings. The van der Waals surface area contributed by atoms with Crippen molar-refractivity contribution in [3.8, 4) is 16.9 Å². The summed E-state index contributed by atoms with van der Waals surface area (Å²) in [6, 6.07) is 39.8. The average molecular weight is 496 g/mol. The Kier molecular flexibility index (Phi) is 5.30. The third kappa shape index (κ3) is 3.71. The molecule has 3 heteroatoms. The Morgan fingerprint density at radius 3 is 2.32 bits per heavy atom. The van der Waals surface area contributed by atoms with Crippen molar-refractivity contribution in [2.24, 2.45) is 0 Å². The Morgan fingerprint density at radius 2 is 1.49 bits per heavy atom. The maximum Gasteiger partial charge on any atom is 0.147 e. The minimum atomic E-state index is 0.0751. The van der Waals surface area contributed by atoms with Crippen LogP contribution in [0.5, 0.6) is 5.75 Å². The van der Waals surface area contributed by atoms with E-state index in [0.29, 0.717) is 5.75 Å². The summed E-state index contributed by atoms with van der Waals surface area (Å²) >= 11 is 1.89. The number of anilines is 2. The second-order valence-electron chi connectivity index (χ2n) is 9.47. The van der Waals surface area contributed by atoms with Crippen molar-refractivity contribution >= 4 is 49.6 Å². The fourth-order valence-corrected chi connectivity index (χ4v) is 6.84. The van der Waals surface area contributed by atoms with Crippen LogP contribution in [0.25, 0.3) is 38.1 Å². The van der Waals surface area contributed by atoms with E-state index in [4.69, 9.17) is 0 Å². The molecule has 0 amide bonds. The van der Waals surface area contributed by atoms with Crippen molar-refractivity contribution in [3.05, 3.63) is 132 Å². The fourth-order valence-electron chi connectivity index (χ4n) is 5.59. The number of benzene rings is 5. The lowest BCUT2D eigenvalue weighted by Gasteiger charge is -2.34. The van der Waals surface area contributed by atoms with Crippen molar-refractivity contribution in [3.63, 3.8) is 0 Å². The summed E-state index contributed by atoms with van der Waals surface area (Å²) < 4.78 is 1.33. The minimum absolute atomic E-state index is 0.0751. The zero-order valence-corrected chi connectivity index (χ0v) is 21.0. The van der Waals surface area contributed by atoms with Gasteiger partial charge >= 0.3 is 0 Å². The van der Waals surface area contributed by atoms with Gasteiger partial charge in [-0.15, -0.1) is 11.3 Å². The van der Waals surface area contributed by atoms with E-state index in [0.717, 1.165) is 28.9 Å². The van der Waals surface area contributed by atoms with Crippen molar-refractivity contribution in [1.82, 2.24) is 0 Å². The van der Waals surface area contributed by atoms with Crippen LogP contribution in [0, 0.1) is 0 Å². The Balaban J connectivity index is 1.36. The number of para-hydroxylation sites is 2. The van der Waals surface area contributed by atoms with Crippen LogP contribution in [0.3, 0.4) is 0 Å². The van der Waals surface area contributed by atoms with E-state index < -0.39 is 0 Å². The van der Waals surface area contributed by atoms with Gasteiger partial charge in [-0.1, -0.05) is 103 Å². The summed E-state index contributed by atoms with van der Waals surface area (Å²) in [6.07, 6.45) is 5.48. The highest BCUT2D eigenvalue weighted by Gasteiger charge is 2.27. The van der Waals surface area contributed by atoms with Crippen LogP contribution in [0.2, 0.25) is 0 Å². The Bertz CT molecular complexity index is 1770. The van der Waals surface area contributed by atoms with Crippen molar-refractivity contribution in [2.75, 3.05) is 4.90 Å². The lowest BCUT2D eigenvalue weighted by atomic mass is 9.94. The number of rotatable bonds is 4. The van der Waals surface area contributed by atoms with Gasteiger partial charge in [0.25, 0.3) is 0 Å². The molecule has 1 aromatic heterocycles. The number of fused-ring (bicyclic) bond motifs is 5. The number of hydrogen-bond acceptors (Lipinski definition) is 3. The second kappa shape index (κ2) is 8.95. The quantitative estimate of drug-likeness (QED) is 0.263. The number of nitrogens with zero attached hydrogens (tertiary/aromatic N) is 1. The number of thiophene rings is 1. The van der Waals surface area contributed by atoms with Crippen LogP contribution in [-0.4, -0.2) is 11.1 Å². The standard InChI is InChI=1S/C34H25NOS/c36-34-28(23-10-3-1-4-11-23)16-9-17-30(34)35(25-13-5-2-6-14-25)26-19-20-29-32(22-26)37-31-21-18-24-12-7-8-15-27(24)33(29)31/h1-21,26,36H,22H2. The van der Waals surface area contributed by atoms with E-state index in [-0.39, 0.29) is 6.04 Å². The third-order valence-electron chi connectivity index (χ3n) is 7.30. The summed E-state index contributed by atoms with van der Waals surface area (Å²) in [7, 11) is 0. The van der Waals surface area contributed by atoms with Crippen molar-refractivity contribution < 1.29 is 5.11 Å². The first-order chi connectivity index (χ1) is 18.3. The first-order valence-electron chi connectivity index (χ1n) is 12.6. The maximum absolute atomic E-state index is 11.6. The van der Waals surface area contributed by atoms with Crippen LogP contribution < -0.4 is 4.90 Å². The van der Waals surface area contributed by atoms with Gasteiger partial charge < -0.3 is 10.0 Å². The molecule has 5 aromatic carbocycles. The van der Waals surface area contributed by atoms with E-state index in [9.17, 15) is 5.11 Å². The van der Waals surface area contributed by atoms with Crippen LogP contribution in [0.4, 0.5) is 11.4 Å². The molecule has 1 aliphatic rings. The predicted molar refractivity (Wildman–Crippen MR) is 158 cm³/mol. The number of aromatic hydroxyl groups is 1. The topological polar surface area (TPSA) is 23.5 Å². The lowest BCUT2D eigenvalue weighted by Crippen LogP contribution is -2.32. The van der Waals surface area contributed by atoms with Crippen molar-refractivity contribution in [2.45, 2.75) is 12.5 Å². The zero-order valence-electron chi connectivity index (χ0n) is 20.2. The second-order valence-corrected chi connectivity index (χ2v) is 10.6. The molecule has 0 saturated carbocycles. The molecule has 1 heterocycles. The largest absolute Gasteiger partial charge is 0.505 e. The highest BCUT2D eigenvalue weighted by molar-refractivity contribution is 7.19. The molecular weight excluding hydrogens is 470 g/mol. The molecule has 178 valence electrons. The van der Waals surface area contributed by atoms with E-state index in [1.807, 2.05) is 65.9 Å². The molecule has 6 aromatic rings. The van der Waals surface area contributed by atoms with Gasteiger partial charge in [-0.25, -0.2) is 0 Å². The molecule has 1 unspecified atom stereocenters. The molecule has 0 saturated heterocycles. The predicted octanol–water partition coefficient (Wildman–Crippen LogP) is 9.20. The average Bonchev–Trinajstić information content (AvgIpc) is 3.34. The van der Waals surface area contributed by atoms with Gasteiger partial charge in [-0.05, 0) is 46.2 Å². The maximum atomic E-state index is 11.6. The molecule has 0 spiro atoms. The summed E-state index contributed by atoms with van der Waals surface area (Å²) in [5, 5.41) is 15.5. The smallest absolute Gasteiger partial charge is 0.147 e. The summed E-state index contributed by atoms with van der Waals surface area (Å²) in [5.41, 5.74) is 5.06. The molecule has 2 nitrogen and oxygen atoms in total. The Morgan fingerprint density at radius 1 is 0.730 bits per heavy atom. The molecular formula is C34H25NOS. The molecule has 1 N–H and O–H groups in total. The minimum Gasteiger partial charge on any atom is -0.505 e. The molecule has 7 rings (SSSR count). The molecule has 37 heavy (non-hydrogen) atoms. The van der Waals surface area contributed by atoms with Gasteiger partial charge in [-0.2, -0.15) is 0 Å². The summed E-state index contributed by atoms with van der Waals surface area (Å²) in [4.78, 5) is 3.67. The van der Waals surface area contributed by atoms with E-state index in [1.54, 1.807) is 0 Å². The van der Waals surface area contributed by atoms with E-state index in [1.165, 1.54) is 31.3 Å². The molecule has 1 atom stereocenters. The molecule has 0 aliphatic heterocycles. The van der Waals surface area contributed by atoms with E-state index >= 15 is 0 Å². The zero-order chi connectivity index (χ0) is 24.8. The molecule has 1 aliphatic carbocycles. The summed E-state index contributed by atoms with van der Waals surface area (Å²) in [5.74, 6) is 0.305. The number of phenolic OH excluding ortho intramolecular Hbond substituents is 1. The normalized spacial score (nSPS) is 14.6. The Labute approximate surface area is 220 Å². The lowest BCUT2D eigenvalue weighted by molar-refractivity contribution is 0.476. The van der Waals surface area contributed by atoms with E-state index in [2.05, 4.69) is 77.7 Å².